The van der Waals surface area contributed by atoms with E-state index >= 15 is 0 Å². The highest BCUT2D eigenvalue weighted by Crippen LogP contribution is 2.43. The second kappa shape index (κ2) is 4.77. The van der Waals surface area contributed by atoms with Crippen molar-refractivity contribution in [3.63, 3.8) is 0 Å². The average molecular weight is 276 g/mol. The number of nitriles is 2. The summed E-state index contributed by atoms with van der Waals surface area (Å²) in [6, 6.07) is 15.4. The summed E-state index contributed by atoms with van der Waals surface area (Å²) in [5, 5.41) is 18.0. The van der Waals surface area contributed by atoms with Gasteiger partial charge in [0.1, 0.15) is 17.7 Å². The van der Waals surface area contributed by atoms with Crippen molar-refractivity contribution >= 4 is 22.7 Å². The van der Waals surface area contributed by atoms with E-state index in [2.05, 4.69) is 0 Å². The van der Waals surface area contributed by atoms with Crippen molar-refractivity contribution in [2.24, 2.45) is 0 Å². The molecular formula is C16H8N2OS. The van der Waals surface area contributed by atoms with Crippen LogP contribution in [0.25, 0.3) is 16.0 Å². The highest BCUT2D eigenvalue weighted by molar-refractivity contribution is 7.17. The number of thiophene rings is 1. The fourth-order valence-corrected chi connectivity index (χ4v) is 3.50. The van der Waals surface area contributed by atoms with Gasteiger partial charge in [-0.15, -0.1) is 11.3 Å². The minimum Gasteiger partial charge on any atom is -0.294 e. The topological polar surface area (TPSA) is 64.7 Å². The molecule has 0 radical (unpaired) electrons. The van der Waals surface area contributed by atoms with Crippen molar-refractivity contribution in [1.29, 1.82) is 10.5 Å². The fourth-order valence-electron chi connectivity index (χ4n) is 2.26. The van der Waals surface area contributed by atoms with Gasteiger partial charge in [-0.05, 0) is 11.6 Å². The number of fused-ring (bicyclic) bond motifs is 1. The van der Waals surface area contributed by atoms with Crippen molar-refractivity contribution in [2.75, 3.05) is 0 Å². The normalized spacial score (nSPS) is 12.7. The molecule has 1 heterocycles. The highest BCUT2D eigenvalue weighted by atomic mass is 32.1. The van der Waals surface area contributed by atoms with Crippen LogP contribution in [0.15, 0.2) is 42.0 Å². The standard InChI is InChI=1S/C16H8N2OS/c17-8-11(9-18)12-6-14(19)13-7-15(20-16(12)13)10-4-2-1-3-5-10/h1-5,7H,6H2. The van der Waals surface area contributed by atoms with Crippen molar-refractivity contribution in [3.8, 4) is 22.6 Å². The molecule has 0 amide bonds. The van der Waals surface area contributed by atoms with Crippen molar-refractivity contribution < 1.29 is 4.79 Å². The first-order valence-corrected chi connectivity index (χ1v) is 6.82. The van der Waals surface area contributed by atoms with E-state index in [1.54, 1.807) is 0 Å². The predicted octanol–water partition coefficient (Wildman–Crippen LogP) is 3.80. The lowest BCUT2D eigenvalue weighted by Gasteiger charge is -1.97. The monoisotopic (exact) mass is 276 g/mol. The number of carbonyl (C=O) groups excluding carboxylic acids is 1. The van der Waals surface area contributed by atoms with Crippen LogP contribution in [0.1, 0.15) is 21.7 Å². The molecule has 3 rings (SSSR count). The number of hydrogen-bond acceptors (Lipinski definition) is 4. The molecule has 0 saturated heterocycles. The molecular weight excluding hydrogens is 268 g/mol. The Morgan fingerprint density at radius 3 is 2.50 bits per heavy atom. The molecule has 1 aromatic carbocycles. The number of benzene rings is 1. The van der Waals surface area contributed by atoms with E-state index in [9.17, 15) is 4.79 Å². The van der Waals surface area contributed by atoms with Crippen LogP contribution in [0, 0.1) is 22.7 Å². The Morgan fingerprint density at radius 1 is 1.15 bits per heavy atom. The molecule has 0 unspecified atom stereocenters. The minimum absolute atomic E-state index is 0.0172. The van der Waals surface area contributed by atoms with Gasteiger partial charge in [0.25, 0.3) is 0 Å². The van der Waals surface area contributed by atoms with Crippen LogP contribution < -0.4 is 0 Å². The zero-order valence-corrected chi connectivity index (χ0v) is 11.2. The maximum absolute atomic E-state index is 12.0. The Balaban J connectivity index is 2.18. The Kier molecular flexibility index (Phi) is 2.95. The van der Waals surface area contributed by atoms with Crippen LogP contribution in [0.2, 0.25) is 0 Å². The lowest BCUT2D eigenvalue weighted by atomic mass is 10.1. The molecule has 94 valence electrons. The van der Waals surface area contributed by atoms with Crippen LogP contribution in [-0.4, -0.2) is 5.78 Å². The summed E-state index contributed by atoms with van der Waals surface area (Å²) in [5.74, 6) is -0.0172. The van der Waals surface area contributed by atoms with E-state index in [-0.39, 0.29) is 17.8 Å². The molecule has 1 aliphatic carbocycles. The Morgan fingerprint density at radius 2 is 1.85 bits per heavy atom. The second-order valence-corrected chi connectivity index (χ2v) is 5.45. The molecule has 20 heavy (non-hydrogen) atoms. The summed E-state index contributed by atoms with van der Waals surface area (Å²) in [4.78, 5) is 13.8. The third-order valence-corrected chi connectivity index (χ3v) is 4.47. The number of ketones is 1. The maximum Gasteiger partial charge on any atom is 0.168 e. The van der Waals surface area contributed by atoms with Crippen molar-refractivity contribution in [2.45, 2.75) is 6.42 Å². The number of allylic oxidation sites excluding steroid dienone is 2. The number of rotatable bonds is 1. The van der Waals surface area contributed by atoms with Crippen LogP contribution >= 0.6 is 11.3 Å². The number of nitrogens with zero attached hydrogens (tertiary/aromatic N) is 2. The molecule has 1 aliphatic rings. The Bertz CT molecular complexity index is 800. The summed E-state index contributed by atoms with van der Waals surface area (Å²) in [5.41, 5.74) is 2.28. The molecule has 0 spiro atoms. The van der Waals surface area contributed by atoms with E-state index in [4.69, 9.17) is 10.5 Å². The van der Waals surface area contributed by atoms with Crippen LogP contribution in [0.3, 0.4) is 0 Å². The Labute approximate surface area is 120 Å². The lowest BCUT2D eigenvalue weighted by molar-refractivity contribution is 0.100. The van der Waals surface area contributed by atoms with Gasteiger partial charge in [-0.2, -0.15) is 10.5 Å². The molecule has 0 N–H and O–H groups in total. The van der Waals surface area contributed by atoms with Gasteiger partial charge in [-0.1, -0.05) is 30.3 Å². The van der Waals surface area contributed by atoms with Gasteiger partial charge in [0, 0.05) is 27.3 Å². The number of hydrogen-bond donors (Lipinski definition) is 0. The quantitative estimate of drug-likeness (QED) is 0.744. The molecule has 0 aliphatic heterocycles. The van der Waals surface area contributed by atoms with E-state index in [0.29, 0.717) is 11.1 Å². The summed E-state index contributed by atoms with van der Waals surface area (Å²) >= 11 is 1.47. The summed E-state index contributed by atoms with van der Waals surface area (Å²) in [6.07, 6.45) is 0.159. The van der Waals surface area contributed by atoms with Gasteiger partial charge in [0.2, 0.25) is 0 Å². The van der Waals surface area contributed by atoms with E-state index in [1.165, 1.54) is 11.3 Å². The largest absolute Gasteiger partial charge is 0.294 e. The van der Waals surface area contributed by atoms with Gasteiger partial charge in [0.15, 0.2) is 5.78 Å². The van der Waals surface area contributed by atoms with E-state index in [0.717, 1.165) is 15.3 Å². The van der Waals surface area contributed by atoms with Gasteiger partial charge in [-0.3, -0.25) is 4.79 Å². The summed E-state index contributed by atoms with van der Waals surface area (Å²) in [6.45, 7) is 0. The first-order valence-electron chi connectivity index (χ1n) is 6.00. The molecule has 0 bridgehead atoms. The first kappa shape index (κ1) is 12.3. The SMILES string of the molecule is N#CC(C#N)=C1CC(=O)c2cc(-c3ccccc3)sc21. The van der Waals surface area contributed by atoms with Crippen molar-refractivity contribution in [1.82, 2.24) is 0 Å². The lowest BCUT2D eigenvalue weighted by Crippen LogP contribution is -1.88. The molecule has 2 aromatic rings. The number of carbonyl (C=O) groups is 1. The Hall–Kier alpha value is -2.69. The zero-order valence-electron chi connectivity index (χ0n) is 10.4. The van der Waals surface area contributed by atoms with Crippen LogP contribution in [0.5, 0.6) is 0 Å². The first-order chi connectivity index (χ1) is 9.74. The fraction of sp³-hybridized carbons (Fsp3) is 0.0625. The van der Waals surface area contributed by atoms with Gasteiger partial charge in [0.05, 0.1) is 0 Å². The summed E-state index contributed by atoms with van der Waals surface area (Å²) in [7, 11) is 0. The van der Waals surface area contributed by atoms with Gasteiger partial charge < -0.3 is 0 Å². The highest BCUT2D eigenvalue weighted by Gasteiger charge is 2.30. The smallest absolute Gasteiger partial charge is 0.168 e. The average Bonchev–Trinajstić information content (AvgIpc) is 3.04. The third kappa shape index (κ3) is 1.84. The third-order valence-electron chi connectivity index (χ3n) is 3.23. The van der Waals surface area contributed by atoms with Crippen molar-refractivity contribution in [3.05, 3.63) is 52.4 Å². The van der Waals surface area contributed by atoms with Crippen LogP contribution in [0.4, 0.5) is 0 Å². The second-order valence-electron chi connectivity index (χ2n) is 4.40. The predicted molar refractivity (Wildman–Crippen MR) is 76.8 cm³/mol. The molecule has 0 saturated carbocycles. The maximum atomic E-state index is 12.0. The molecule has 0 atom stereocenters. The van der Waals surface area contributed by atoms with Gasteiger partial charge in [-0.25, -0.2) is 0 Å². The number of Topliss-reactive ketones (excluding diaryl/α,β-unsaturated/α-hetero) is 1. The molecule has 0 fully saturated rings. The van der Waals surface area contributed by atoms with Gasteiger partial charge >= 0.3 is 0 Å². The van der Waals surface area contributed by atoms with Crippen LogP contribution in [-0.2, 0) is 0 Å². The van der Waals surface area contributed by atoms with E-state index in [1.807, 2.05) is 48.5 Å². The zero-order chi connectivity index (χ0) is 14.1. The molecule has 4 heteroatoms. The minimum atomic E-state index is -0.0172. The molecule has 3 nitrogen and oxygen atoms in total. The van der Waals surface area contributed by atoms with E-state index < -0.39 is 0 Å². The summed E-state index contributed by atoms with van der Waals surface area (Å²) < 4.78 is 0. The molecule has 1 aromatic heterocycles.